The maximum Gasteiger partial charge on any atom is 0.290 e. The third kappa shape index (κ3) is 6.72. The maximum atomic E-state index is 12.6. The number of nitrogens with zero attached hydrogens (tertiary/aromatic N) is 2. The largest absolute Gasteiger partial charge is 0.505 e. The topological polar surface area (TPSA) is 119 Å². The van der Waals surface area contributed by atoms with Gasteiger partial charge in [0.2, 0.25) is 0 Å². The number of anilines is 3. The summed E-state index contributed by atoms with van der Waals surface area (Å²) in [5, 5.41) is 20.7. The zero-order valence-corrected chi connectivity index (χ0v) is 20.5. The van der Waals surface area contributed by atoms with Crippen LogP contribution in [0, 0.1) is 5.92 Å². The number of aromatic nitrogens is 2. The monoisotopic (exact) mass is 473 g/mol. The number of rotatable bonds is 6. The van der Waals surface area contributed by atoms with Crippen molar-refractivity contribution in [3.63, 3.8) is 0 Å². The Hall–Kier alpha value is -3.53. The van der Waals surface area contributed by atoms with Gasteiger partial charge in [-0.25, -0.2) is 0 Å². The number of nitrogens with one attached hydrogen (secondary N) is 3. The minimum Gasteiger partial charge on any atom is -0.505 e. The molecule has 178 valence electrons. The first-order chi connectivity index (χ1) is 15.5. The summed E-state index contributed by atoms with van der Waals surface area (Å²) >= 11 is 1.52. The molecule has 0 unspecified atom stereocenters. The van der Waals surface area contributed by atoms with Gasteiger partial charge < -0.3 is 20.6 Å². The Labute approximate surface area is 196 Å². The Morgan fingerprint density at radius 1 is 1.15 bits per heavy atom. The highest BCUT2D eigenvalue weighted by Crippen LogP contribution is 2.31. The molecule has 0 aliphatic heterocycles. The molecular formula is C23H31N5O4S. The third-order valence-corrected chi connectivity index (χ3v) is 5.09. The van der Waals surface area contributed by atoms with Gasteiger partial charge in [-0.2, -0.15) is 0 Å². The minimum absolute atomic E-state index is 0.0468. The zero-order chi connectivity index (χ0) is 24.7. The number of hydrogen-bond donors (Lipinski definition) is 4. The average molecular weight is 474 g/mol. The predicted octanol–water partition coefficient (Wildman–Crippen LogP) is 3.56. The quantitative estimate of drug-likeness (QED) is 0.407. The molecule has 33 heavy (non-hydrogen) atoms. The summed E-state index contributed by atoms with van der Waals surface area (Å²) in [4.78, 5) is 39.7. The number of hydrogen-bond acceptors (Lipinski definition) is 7. The molecule has 0 aliphatic rings. The molecule has 1 aromatic carbocycles. The number of carbonyl (C=O) groups excluding carboxylic acids is 1. The molecule has 2 heterocycles. The lowest BCUT2D eigenvalue weighted by molar-refractivity contribution is 0.0824. The molecule has 0 aliphatic carbocycles. The van der Waals surface area contributed by atoms with Crippen LogP contribution in [-0.2, 0) is 13.6 Å². The van der Waals surface area contributed by atoms with Gasteiger partial charge in [-0.1, -0.05) is 32.9 Å². The molecule has 0 saturated heterocycles. The van der Waals surface area contributed by atoms with Crippen molar-refractivity contribution in [2.24, 2.45) is 13.0 Å². The molecule has 0 bridgehead atoms. The maximum absolute atomic E-state index is 12.6. The first kappa shape index (κ1) is 25.7. The number of benzene rings is 1. The highest BCUT2D eigenvalue weighted by molar-refractivity contribution is 7.09. The Morgan fingerprint density at radius 2 is 1.82 bits per heavy atom. The number of para-hydroxylation sites is 1. The first-order valence-electron chi connectivity index (χ1n) is 10.4. The number of amides is 1. The van der Waals surface area contributed by atoms with E-state index >= 15 is 0 Å². The zero-order valence-electron chi connectivity index (χ0n) is 19.7. The molecule has 9 nitrogen and oxygen atoms in total. The lowest BCUT2D eigenvalue weighted by Gasteiger charge is -2.16. The van der Waals surface area contributed by atoms with Gasteiger partial charge in [0, 0.05) is 32.6 Å². The lowest BCUT2D eigenvalue weighted by Crippen LogP contribution is -2.31. The molecular weight excluding hydrogens is 442 g/mol. The second-order valence-electron chi connectivity index (χ2n) is 8.25. The van der Waals surface area contributed by atoms with Gasteiger partial charge in [0.25, 0.3) is 17.0 Å². The summed E-state index contributed by atoms with van der Waals surface area (Å²) in [5.41, 5.74) is -0.764. The van der Waals surface area contributed by atoms with E-state index in [2.05, 4.69) is 36.5 Å². The molecule has 0 atom stereocenters. The van der Waals surface area contributed by atoms with Crippen molar-refractivity contribution in [2.45, 2.75) is 27.3 Å². The van der Waals surface area contributed by atoms with Crippen LogP contribution in [0.25, 0.3) is 0 Å². The van der Waals surface area contributed by atoms with Crippen LogP contribution in [0.2, 0.25) is 0 Å². The fourth-order valence-electron chi connectivity index (χ4n) is 2.71. The van der Waals surface area contributed by atoms with Crippen molar-refractivity contribution < 1.29 is 9.90 Å². The van der Waals surface area contributed by atoms with Crippen LogP contribution in [0.1, 0.15) is 36.0 Å². The van der Waals surface area contributed by atoms with E-state index in [1.807, 2.05) is 17.5 Å². The van der Waals surface area contributed by atoms with Crippen molar-refractivity contribution in [2.75, 3.05) is 24.7 Å². The smallest absolute Gasteiger partial charge is 0.290 e. The average Bonchev–Trinajstić information content (AvgIpc) is 3.25. The normalized spacial score (nSPS) is 10.4. The summed E-state index contributed by atoms with van der Waals surface area (Å²) in [6, 6.07) is 8.37. The summed E-state index contributed by atoms with van der Waals surface area (Å²) in [5.74, 6) is 0.135. The van der Waals surface area contributed by atoms with E-state index in [1.54, 1.807) is 20.2 Å². The molecule has 0 spiro atoms. The fraction of sp³-hybridized carbons (Fsp3) is 0.348. The lowest BCUT2D eigenvalue weighted by atomic mass is 10.1. The molecule has 1 amide bonds. The number of aromatic amines is 1. The third-order valence-electron chi connectivity index (χ3n) is 4.22. The van der Waals surface area contributed by atoms with Crippen LogP contribution in [0.4, 0.5) is 17.1 Å². The molecule has 0 radical (unpaired) electrons. The van der Waals surface area contributed by atoms with Gasteiger partial charge in [-0.05, 0) is 29.5 Å². The van der Waals surface area contributed by atoms with Crippen LogP contribution in [-0.4, -0.2) is 39.8 Å². The van der Waals surface area contributed by atoms with E-state index in [0.29, 0.717) is 6.54 Å². The number of thiophene rings is 1. The highest BCUT2D eigenvalue weighted by atomic mass is 32.1. The summed E-state index contributed by atoms with van der Waals surface area (Å²) in [6.45, 7) is 6.86. The van der Waals surface area contributed by atoms with Crippen LogP contribution in [0.5, 0.6) is 5.75 Å². The van der Waals surface area contributed by atoms with Crippen molar-refractivity contribution in [3.05, 3.63) is 66.9 Å². The van der Waals surface area contributed by atoms with Gasteiger partial charge in [-0.3, -0.25) is 24.2 Å². The second-order valence-corrected chi connectivity index (χ2v) is 9.28. The number of aromatic hydroxyl groups is 1. The van der Waals surface area contributed by atoms with Crippen LogP contribution >= 0.6 is 11.3 Å². The molecule has 10 heteroatoms. The van der Waals surface area contributed by atoms with Crippen LogP contribution in [0.3, 0.4) is 0 Å². The number of H-pyrrole nitrogens is 1. The molecule has 0 saturated carbocycles. The van der Waals surface area contributed by atoms with E-state index in [1.165, 1.54) is 35.4 Å². The van der Waals surface area contributed by atoms with Gasteiger partial charge in [0.15, 0.2) is 5.75 Å². The molecule has 3 rings (SSSR count). The Balaban J connectivity index is 0.000000890. The van der Waals surface area contributed by atoms with Gasteiger partial charge >= 0.3 is 0 Å². The van der Waals surface area contributed by atoms with E-state index in [0.717, 1.165) is 15.5 Å². The van der Waals surface area contributed by atoms with Gasteiger partial charge in [0.1, 0.15) is 11.4 Å². The first-order valence-corrected chi connectivity index (χ1v) is 11.3. The van der Waals surface area contributed by atoms with E-state index in [9.17, 15) is 19.5 Å². The Morgan fingerprint density at radius 3 is 2.39 bits per heavy atom. The molecule has 3 aromatic rings. The summed E-state index contributed by atoms with van der Waals surface area (Å²) < 4.78 is 1.08. The van der Waals surface area contributed by atoms with Crippen molar-refractivity contribution in [1.82, 2.24) is 14.7 Å². The fourth-order valence-corrected chi connectivity index (χ4v) is 3.36. The van der Waals surface area contributed by atoms with Crippen molar-refractivity contribution >= 4 is 34.3 Å². The van der Waals surface area contributed by atoms with E-state index in [4.69, 9.17) is 0 Å². The summed E-state index contributed by atoms with van der Waals surface area (Å²) in [6.07, 6.45) is 0. The number of phenols is 1. The summed E-state index contributed by atoms with van der Waals surface area (Å²) in [7, 11) is 4.58. The standard InChI is InChI=1S/C19H21N5O4S.C4H10/c1-23(2)18(27)12-7-4-8-13(16(12)25)21-14-15(19(28)24(3)22-17(14)26)20-10-11-6-5-9-29-11;1-4(2)3/h4-9,20-21,25H,10H2,1-3H3,(H,22,26);4H,1-3H3. The van der Waals surface area contributed by atoms with Gasteiger partial charge in [0.05, 0.1) is 11.3 Å². The van der Waals surface area contributed by atoms with Crippen molar-refractivity contribution in [3.8, 4) is 5.75 Å². The number of aryl methyl sites for hydroxylation is 1. The second kappa shape index (κ2) is 11.4. The van der Waals surface area contributed by atoms with Crippen molar-refractivity contribution in [1.29, 1.82) is 0 Å². The van der Waals surface area contributed by atoms with Gasteiger partial charge in [-0.15, -0.1) is 11.3 Å². The van der Waals surface area contributed by atoms with E-state index < -0.39 is 11.1 Å². The molecule has 0 fully saturated rings. The van der Waals surface area contributed by atoms with E-state index in [-0.39, 0.29) is 34.3 Å². The molecule has 4 N–H and O–H groups in total. The number of phenolic OH excluding ortho intramolecular Hbond substituents is 1. The Kier molecular flexibility index (Phi) is 8.86. The number of carbonyl (C=O) groups is 1. The SMILES string of the molecule is CC(C)C.CN(C)C(=O)c1cccc(Nc2c(NCc3cccs3)c(=O)n(C)[nH]c2=O)c1O. The van der Waals surface area contributed by atoms with Crippen LogP contribution in [0.15, 0.2) is 45.3 Å². The molecule has 2 aromatic heterocycles. The highest BCUT2D eigenvalue weighted by Gasteiger charge is 2.19. The predicted molar refractivity (Wildman–Crippen MR) is 134 cm³/mol. The minimum atomic E-state index is -0.551. The van der Waals surface area contributed by atoms with Crippen LogP contribution < -0.4 is 21.8 Å². The Bertz CT molecular complexity index is 1190.